The van der Waals surface area contributed by atoms with Crippen molar-refractivity contribution in [1.82, 2.24) is 10.6 Å². The number of benzene rings is 2. The Hall–Kier alpha value is -3.55. The highest BCUT2D eigenvalue weighted by Crippen LogP contribution is 2.36. The first-order valence-electron chi connectivity index (χ1n) is 10.8. The molecule has 2 aromatic rings. The van der Waals surface area contributed by atoms with Crippen LogP contribution in [0.25, 0.3) is 0 Å². The maximum atomic E-state index is 12.7. The molecule has 2 atom stereocenters. The summed E-state index contributed by atoms with van der Waals surface area (Å²) in [5.74, 6) is 0.0340. The largest absolute Gasteiger partial charge is 0.486 e. The lowest BCUT2D eigenvalue weighted by atomic mass is 10.1. The third kappa shape index (κ3) is 5.01. The Kier molecular flexibility index (Phi) is 6.58. The van der Waals surface area contributed by atoms with Gasteiger partial charge in [-0.05, 0) is 31.0 Å². The van der Waals surface area contributed by atoms with Crippen LogP contribution >= 0.6 is 0 Å². The van der Waals surface area contributed by atoms with Crippen molar-refractivity contribution >= 4 is 23.4 Å². The lowest BCUT2D eigenvalue weighted by Crippen LogP contribution is -2.47. The summed E-state index contributed by atoms with van der Waals surface area (Å²) in [6, 6.07) is 14.5. The van der Waals surface area contributed by atoms with Crippen molar-refractivity contribution in [3.8, 4) is 11.5 Å². The van der Waals surface area contributed by atoms with Gasteiger partial charge in [-0.1, -0.05) is 30.3 Å². The van der Waals surface area contributed by atoms with Crippen LogP contribution in [0, 0.1) is 5.92 Å². The molecule has 2 heterocycles. The first-order chi connectivity index (χ1) is 15.5. The van der Waals surface area contributed by atoms with E-state index in [0.29, 0.717) is 36.9 Å². The second kappa shape index (κ2) is 9.72. The Morgan fingerprint density at radius 3 is 2.62 bits per heavy atom. The molecule has 0 aromatic heterocycles. The molecule has 0 saturated carbocycles. The lowest BCUT2D eigenvalue weighted by Gasteiger charge is -2.22. The molecule has 3 amide bonds. The number of hydrogen-bond acceptors (Lipinski definition) is 5. The summed E-state index contributed by atoms with van der Waals surface area (Å²) >= 11 is 0. The van der Waals surface area contributed by atoms with Gasteiger partial charge in [-0.25, -0.2) is 0 Å². The molecular formula is C24H27N3O5. The zero-order chi connectivity index (χ0) is 22.5. The fraction of sp³-hybridized carbons (Fsp3) is 0.375. The second-order valence-corrected chi connectivity index (χ2v) is 7.99. The maximum Gasteiger partial charge on any atom is 0.242 e. The fourth-order valence-corrected chi connectivity index (χ4v) is 3.86. The molecule has 1 saturated heterocycles. The van der Waals surface area contributed by atoms with E-state index in [0.717, 1.165) is 12.0 Å². The van der Waals surface area contributed by atoms with Crippen molar-refractivity contribution in [1.29, 1.82) is 0 Å². The van der Waals surface area contributed by atoms with Gasteiger partial charge in [-0.2, -0.15) is 0 Å². The first kappa shape index (κ1) is 21.7. The van der Waals surface area contributed by atoms with Crippen LogP contribution in [-0.2, 0) is 20.8 Å². The smallest absolute Gasteiger partial charge is 0.242 e. The number of fused-ring (bicyclic) bond motifs is 1. The Labute approximate surface area is 186 Å². The molecule has 1 fully saturated rings. The van der Waals surface area contributed by atoms with Gasteiger partial charge in [0, 0.05) is 31.3 Å². The third-order valence-corrected chi connectivity index (χ3v) is 5.64. The lowest BCUT2D eigenvalue weighted by molar-refractivity contribution is -0.130. The van der Waals surface area contributed by atoms with Crippen LogP contribution in [-0.4, -0.2) is 50.1 Å². The molecule has 2 aromatic carbocycles. The number of ether oxygens (including phenoxy) is 2. The summed E-state index contributed by atoms with van der Waals surface area (Å²) in [4.78, 5) is 39.2. The number of rotatable bonds is 7. The van der Waals surface area contributed by atoms with Gasteiger partial charge < -0.3 is 25.0 Å². The normalized spacial score (nSPS) is 18.2. The van der Waals surface area contributed by atoms with Gasteiger partial charge >= 0.3 is 0 Å². The zero-order valence-electron chi connectivity index (χ0n) is 18.0. The second-order valence-electron chi connectivity index (χ2n) is 7.99. The van der Waals surface area contributed by atoms with E-state index in [1.165, 1.54) is 0 Å². The molecule has 168 valence electrons. The van der Waals surface area contributed by atoms with Crippen LogP contribution in [0.1, 0.15) is 18.9 Å². The van der Waals surface area contributed by atoms with Gasteiger partial charge in [0.25, 0.3) is 0 Å². The van der Waals surface area contributed by atoms with Crippen LogP contribution in [0.5, 0.6) is 11.5 Å². The van der Waals surface area contributed by atoms with Crippen LogP contribution in [0.15, 0.2) is 48.5 Å². The number of nitrogens with one attached hydrogen (secondary N) is 2. The predicted molar refractivity (Wildman–Crippen MR) is 119 cm³/mol. The minimum Gasteiger partial charge on any atom is -0.486 e. The van der Waals surface area contributed by atoms with E-state index in [2.05, 4.69) is 10.6 Å². The molecule has 32 heavy (non-hydrogen) atoms. The highest BCUT2D eigenvalue weighted by atomic mass is 16.6. The quantitative estimate of drug-likeness (QED) is 0.687. The summed E-state index contributed by atoms with van der Waals surface area (Å²) in [5.41, 5.74) is 1.80. The molecule has 0 spiro atoms. The molecular weight excluding hydrogens is 410 g/mol. The summed E-state index contributed by atoms with van der Waals surface area (Å²) in [7, 11) is 0. The average molecular weight is 437 g/mol. The van der Waals surface area contributed by atoms with Crippen molar-refractivity contribution in [2.24, 2.45) is 5.92 Å². The van der Waals surface area contributed by atoms with Crippen LogP contribution in [0.3, 0.4) is 0 Å². The molecule has 2 aliphatic rings. The fourth-order valence-electron chi connectivity index (χ4n) is 3.86. The highest BCUT2D eigenvalue weighted by molar-refractivity contribution is 6.01. The number of carbonyl (C=O) groups is 3. The van der Waals surface area contributed by atoms with E-state index in [1.54, 1.807) is 30.0 Å². The van der Waals surface area contributed by atoms with Crippen molar-refractivity contribution < 1.29 is 23.9 Å². The maximum absolute atomic E-state index is 12.7. The first-order valence-corrected chi connectivity index (χ1v) is 10.8. The molecule has 0 bridgehead atoms. The molecule has 0 aliphatic carbocycles. The van der Waals surface area contributed by atoms with Gasteiger partial charge in [0.15, 0.2) is 11.5 Å². The molecule has 0 radical (unpaired) electrons. The molecule has 1 unspecified atom stereocenters. The monoisotopic (exact) mass is 437 g/mol. The number of hydrogen-bond donors (Lipinski definition) is 2. The Balaban J connectivity index is 1.28. The van der Waals surface area contributed by atoms with Gasteiger partial charge in [-0.3, -0.25) is 14.4 Å². The Bertz CT molecular complexity index is 994. The molecule has 8 nitrogen and oxygen atoms in total. The minimum absolute atomic E-state index is 0.0998. The van der Waals surface area contributed by atoms with Crippen LogP contribution < -0.4 is 25.0 Å². The standard InChI is InChI=1S/C24H27N3O5/c1-16(23(29)25-10-9-17-5-3-2-4-6-17)26-24(30)18-13-22(28)27(15-18)19-7-8-20-21(14-19)32-12-11-31-20/h2-8,14,16,18H,9-13,15H2,1H3,(H,25,29)(H,26,30)/t16-,18?/m1/s1. The summed E-state index contributed by atoms with van der Waals surface area (Å²) < 4.78 is 11.1. The average Bonchev–Trinajstić information content (AvgIpc) is 3.21. The molecule has 2 N–H and O–H groups in total. The summed E-state index contributed by atoms with van der Waals surface area (Å²) in [6.45, 7) is 3.34. The zero-order valence-corrected chi connectivity index (χ0v) is 18.0. The Morgan fingerprint density at radius 2 is 1.84 bits per heavy atom. The third-order valence-electron chi connectivity index (χ3n) is 5.64. The number of anilines is 1. The van der Waals surface area contributed by atoms with Crippen molar-refractivity contribution in [3.05, 3.63) is 54.1 Å². The van der Waals surface area contributed by atoms with E-state index in [4.69, 9.17) is 9.47 Å². The summed E-state index contributed by atoms with van der Waals surface area (Å²) in [6.07, 6.45) is 0.817. The van der Waals surface area contributed by atoms with Gasteiger partial charge in [0.1, 0.15) is 19.3 Å². The SMILES string of the molecule is C[C@@H](NC(=O)C1CC(=O)N(c2ccc3c(c2)OCCO3)C1)C(=O)NCCc1ccccc1. The number of amides is 3. The van der Waals surface area contributed by atoms with Crippen molar-refractivity contribution in [3.63, 3.8) is 0 Å². The van der Waals surface area contributed by atoms with E-state index >= 15 is 0 Å². The van der Waals surface area contributed by atoms with E-state index in [9.17, 15) is 14.4 Å². The molecule has 8 heteroatoms. The predicted octanol–water partition coefficient (Wildman–Crippen LogP) is 1.67. The van der Waals surface area contributed by atoms with Crippen LogP contribution in [0.2, 0.25) is 0 Å². The highest BCUT2D eigenvalue weighted by Gasteiger charge is 2.36. The van der Waals surface area contributed by atoms with E-state index in [1.807, 2.05) is 30.3 Å². The minimum atomic E-state index is -0.684. The summed E-state index contributed by atoms with van der Waals surface area (Å²) in [5, 5.41) is 5.58. The van der Waals surface area contributed by atoms with E-state index in [-0.39, 0.29) is 30.7 Å². The van der Waals surface area contributed by atoms with Gasteiger partial charge in [-0.15, -0.1) is 0 Å². The van der Waals surface area contributed by atoms with Crippen molar-refractivity contribution in [2.75, 3.05) is 31.2 Å². The van der Waals surface area contributed by atoms with Crippen LogP contribution in [0.4, 0.5) is 5.69 Å². The number of nitrogens with zero attached hydrogens (tertiary/aromatic N) is 1. The van der Waals surface area contributed by atoms with E-state index < -0.39 is 12.0 Å². The topological polar surface area (TPSA) is 97.0 Å². The molecule has 2 aliphatic heterocycles. The van der Waals surface area contributed by atoms with Crippen molar-refractivity contribution in [2.45, 2.75) is 25.8 Å². The Morgan fingerprint density at radius 1 is 1.09 bits per heavy atom. The van der Waals surface area contributed by atoms with Gasteiger partial charge in [0.05, 0.1) is 5.92 Å². The van der Waals surface area contributed by atoms with Gasteiger partial charge in [0.2, 0.25) is 17.7 Å². The number of carbonyl (C=O) groups excluding carboxylic acids is 3. The molecule has 4 rings (SSSR count).